The zero-order valence-electron chi connectivity index (χ0n) is 40.2. The van der Waals surface area contributed by atoms with Gasteiger partial charge in [-0.2, -0.15) is 0 Å². The van der Waals surface area contributed by atoms with Gasteiger partial charge < -0.3 is 14.2 Å². The summed E-state index contributed by atoms with van der Waals surface area (Å²) in [4.78, 5) is 37.9. The molecule has 0 amide bonds. The van der Waals surface area contributed by atoms with Crippen molar-refractivity contribution in [2.45, 2.75) is 303 Å². The minimum atomic E-state index is -0.760. The topological polar surface area (TPSA) is 78.9 Å². The first kappa shape index (κ1) is 57.4. The SMILES string of the molecule is CCCCCCCCCCCCCCCCCC(=O)OC[C@H](COC(=O)CCCCCCCCCCCCCCCC(C)C)OC(=O)CCCCCCCCCCCC. The van der Waals surface area contributed by atoms with Gasteiger partial charge in [0, 0.05) is 19.3 Å². The van der Waals surface area contributed by atoms with E-state index < -0.39 is 6.10 Å². The van der Waals surface area contributed by atoms with E-state index in [1.807, 2.05) is 0 Å². The Labute approximate surface area is 368 Å². The Hall–Kier alpha value is -1.59. The standard InChI is InChI=1S/C53H102O6/c1-5-7-9-11-13-15-17-18-19-22-25-29-32-36-40-44-51(54)57-47-50(59-53(56)46-42-38-34-28-16-14-12-10-8-6-2)48-58-52(55)45-41-37-33-30-26-23-20-21-24-27-31-35-39-43-49(3)4/h49-50H,5-48H2,1-4H3/t50-/m1/s1. The van der Waals surface area contributed by atoms with Crippen LogP contribution < -0.4 is 0 Å². The van der Waals surface area contributed by atoms with Gasteiger partial charge in [0.25, 0.3) is 0 Å². The number of esters is 3. The predicted octanol–water partition coefficient (Wildman–Crippen LogP) is 17.1. The molecule has 0 heterocycles. The summed E-state index contributed by atoms with van der Waals surface area (Å²) in [5.41, 5.74) is 0. The molecule has 0 aromatic heterocycles. The quantitative estimate of drug-likeness (QED) is 0.0345. The maximum Gasteiger partial charge on any atom is 0.306 e. The summed E-state index contributed by atoms with van der Waals surface area (Å²) in [6.45, 7) is 9.03. The average molecular weight is 835 g/mol. The van der Waals surface area contributed by atoms with E-state index in [0.29, 0.717) is 19.3 Å². The zero-order valence-corrected chi connectivity index (χ0v) is 40.2. The minimum Gasteiger partial charge on any atom is -0.462 e. The van der Waals surface area contributed by atoms with Crippen molar-refractivity contribution in [3.63, 3.8) is 0 Å². The second-order valence-electron chi connectivity index (χ2n) is 18.6. The van der Waals surface area contributed by atoms with Gasteiger partial charge in [0.05, 0.1) is 0 Å². The lowest BCUT2D eigenvalue weighted by Crippen LogP contribution is -2.30. The van der Waals surface area contributed by atoms with E-state index in [0.717, 1.165) is 63.7 Å². The van der Waals surface area contributed by atoms with E-state index >= 15 is 0 Å². The fourth-order valence-electron chi connectivity index (χ4n) is 8.04. The summed E-state index contributed by atoms with van der Waals surface area (Å²) < 4.78 is 16.8. The summed E-state index contributed by atoms with van der Waals surface area (Å²) in [5, 5.41) is 0. The van der Waals surface area contributed by atoms with Gasteiger partial charge in [-0.05, 0) is 25.2 Å². The van der Waals surface area contributed by atoms with Gasteiger partial charge in [-0.15, -0.1) is 0 Å². The van der Waals surface area contributed by atoms with Crippen LogP contribution in [0.25, 0.3) is 0 Å². The number of unbranched alkanes of at least 4 members (excludes halogenated alkanes) is 35. The molecular weight excluding hydrogens is 733 g/mol. The van der Waals surface area contributed by atoms with E-state index in [1.54, 1.807) is 0 Å². The van der Waals surface area contributed by atoms with Crippen molar-refractivity contribution in [1.82, 2.24) is 0 Å². The Morgan fingerprint density at radius 2 is 0.559 bits per heavy atom. The summed E-state index contributed by atoms with van der Waals surface area (Å²) in [5.74, 6) is -0.00414. The summed E-state index contributed by atoms with van der Waals surface area (Å²) in [7, 11) is 0. The number of hydrogen-bond acceptors (Lipinski definition) is 6. The third-order valence-electron chi connectivity index (χ3n) is 12.0. The zero-order chi connectivity index (χ0) is 43.1. The van der Waals surface area contributed by atoms with Crippen LogP contribution in [0, 0.1) is 5.92 Å². The van der Waals surface area contributed by atoms with Gasteiger partial charge in [-0.3, -0.25) is 14.4 Å². The van der Waals surface area contributed by atoms with Crippen molar-refractivity contribution in [2.75, 3.05) is 13.2 Å². The van der Waals surface area contributed by atoms with Gasteiger partial charge in [0.1, 0.15) is 13.2 Å². The first-order valence-electron chi connectivity index (χ1n) is 26.4. The molecule has 6 heteroatoms. The van der Waals surface area contributed by atoms with Gasteiger partial charge in [0.2, 0.25) is 0 Å². The van der Waals surface area contributed by atoms with Crippen molar-refractivity contribution >= 4 is 17.9 Å². The third kappa shape index (κ3) is 47.3. The predicted molar refractivity (Wildman–Crippen MR) is 252 cm³/mol. The summed E-state index contributed by atoms with van der Waals surface area (Å²) in [6, 6.07) is 0. The number of carbonyl (C=O) groups is 3. The van der Waals surface area contributed by atoms with Crippen LogP contribution in [0.3, 0.4) is 0 Å². The molecule has 0 aliphatic carbocycles. The van der Waals surface area contributed by atoms with Crippen molar-refractivity contribution in [1.29, 1.82) is 0 Å². The molecule has 0 rings (SSSR count). The van der Waals surface area contributed by atoms with Gasteiger partial charge in [0.15, 0.2) is 6.10 Å². The van der Waals surface area contributed by atoms with Crippen LogP contribution in [0.15, 0.2) is 0 Å². The smallest absolute Gasteiger partial charge is 0.306 e. The van der Waals surface area contributed by atoms with Crippen LogP contribution in [0.1, 0.15) is 297 Å². The Morgan fingerprint density at radius 3 is 0.831 bits per heavy atom. The van der Waals surface area contributed by atoms with Crippen molar-refractivity contribution < 1.29 is 28.6 Å². The summed E-state index contributed by atoms with van der Waals surface area (Å²) >= 11 is 0. The molecule has 0 spiro atoms. The Morgan fingerprint density at radius 1 is 0.322 bits per heavy atom. The van der Waals surface area contributed by atoms with E-state index in [-0.39, 0.29) is 31.1 Å². The van der Waals surface area contributed by atoms with Gasteiger partial charge in [-0.1, -0.05) is 259 Å². The molecule has 0 saturated heterocycles. The molecule has 0 aromatic carbocycles. The van der Waals surface area contributed by atoms with E-state index in [9.17, 15) is 14.4 Å². The van der Waals surface area contributed by atoms with Crippen molar-refractivity contribution in [2.24, 2.45) is 5.92 Å². The Kier molecular flexibility index (Phi) is 46.2. The fraction of sp³-hybridized carbons (Fsp3) is 0.943. The largest absolute Gasteiger partial charge is 0.462 e. The molecule has 350 valence electrons. The molecule has 6 nitrogen and oxygen atoms in total. The molecule has 0 fully saturated rings. The van der Waals surface area contributed by atoms with Crippen molar-refractivity contribution in [3.8, 4) is 0 Å². The fourth-order valence-corrected chi connectivity index (χ4v) is 8.04. The molecule has 0 aliphatic heterocycles. The van der Waals surface area contributed by atoms with E-state index in [4.69, 9.17) is 14.2 Å². The second kappa shape index (κ2) is 47.5. The highest BCUT2D eigenvalue weighted by molar-refractivity contribution is 5.71. The number of ether oxygens (including phenoxy) is 3. The van der Waals surface area contributed by atoms with E-state index in [2.05, 4.69) is 27.7 Å². The maximum absolute atomic E-state index is 12.7. The molecule has 1 atom stereocenters. The highest BCUT2D eigenvalue weighted by atomic mass is 16.6. The third-order valence-corrected chi connectivity index (χ3v) is 12.0. The van der Waals surface area contributed by atoms with Crippen LogP contribution >= 0.6 is 0 Å². The molecule has 0 aromatic rings. The molecule has 0 saturated carbocycles. The van der Waals surface area contributed by atoms with Crippen LogP contribution in [-0.2, 0) is 28.6 Å². The number of carbonyl (C=O) groups excluding carboxylic acids is 3. The maximum atomic E-state index is 12.7. The summed E-state index contributed by atoms with van der Waals surface area (Å²) in [6.07, 6.45) is 49.4. The van der Waals surface area contributed by atoms with Crippen molar-refractivity contribution in [3.05, 3.63) is 0 Å². The minimum absolute atomic E-state index is 0.0626. The number of rotatable bonds is 48. The van der Waals surface area contributed by atoms with Crippen LogP contribution in [-0.4, -0.2) is 37.2 Å². The van der Waals surface area contributed by atoms with Gasteiger partial charge >= 0.3 is 17.9 Å². The Balaban J connectivity index is 4.25. The average Bonchev–Trinajstić information content (AvgIpc) is 3.22. The molecule has 0 radical (unpaired) electrons. The molecule has 0 unspecified atom stereocenters. The van der Waals surface area contributed by atoms with Crippen LogP contribution in [0.5, 0.6) is 0 Å². The Bertz CT molecular complexity index is 887. The highest BCUT2D eigenvalue weighted by Gasteiger charge is 2.19. The monoisotopic (exact) mass is 835 g/mol. The van der Waals surface area contributed by atoms with Gasteiger partial charge in [-0.25, -0.2) is 0 Å². The van der Waals surface area contributed by atoms with Crippen LogP contribution in [0.2, 0.25) is 0 Å². The normalized spacial score (nSPS) is 11.9. The second-order valence-corrected chi connectivity index (χ2v) is 18.6. The molecule has 0 aliphatic rings. The molecule has 0 bridgehead atoms. The lowest BCUT2D eigenvalue weighted by molar-refractivity contribution is -0.167. The number of hydrogen-bond donors (Lipinski definition) is 0. The molecular formula is C53H102O6. The first-order chi connectivity index (χ1) is 28.9. The van der Waals surface area contributed by atoms with E-state index in [1.165, 1.54) is 193 Å². The van der Waals surface area contributed by atoms with Crippen LogP contribution in [0.4, 0.5) is 0 Å². The molecule has 0 N–H and O–H groups in total. The lowest BCUT2D eigenvalue weighted by Gasteiger charge is -2.18. The first-order valence-corrected chi connectivity index (χ1v) is 26.4. The molecule has 59 heavy (non-hydrogen) atoms. The lowest BCUT2D eigenvalue weighted by atomic mass is 10.0. The highest BCUT2D eigenvalue weighted by Crippen LogP contribution is 2.17.